The van der Waals surface area contributed by atoms with Gasteiger partial charge in [0.2, 0.25) is 0 Å². The van der Waals surface area contributed by atoms with E-state index in [1.165, 1.54) is 0 Å². The monoisotopic (exact) mass is 267 g/mol. The maximum absolute atomic E-state index is 11.8. The highest BCUT2D eigenvalue weighted by molar-refractivity contribution is 5.68. The first kappa shape index (κ1) is 13.8. The number of carbonyl (C=O) groups excluding carboxylic acids is 1. The lowest BCUT2D eigenvalue weighted by atomic mass is 10.2. The molecule has 1 aromatic rings. The lowest BCUT2D eigenvalue weighted by molar-refractivity contribution is -0.0878. The molecule has 6 nitrogen and oxygen atoms in total. The van der Waals surface area contributed by atoms with Crippen LogP contribution in [-0.4, -0.2) is 51.3 Å². The van der Waals surface area contributed by atoms with Crippen LogP contribution < -0.4 is 0 Å². The van der Waals surface area contributed by atoms with Crippen molar-refractivity contribution in [2.45, 2.75) is 31.5 Å². The Morgan fingerprint density at radius 2 is 2.05 bits per heavy atom. The van der Waals surface area contributed by atoms with E-state index in [0.717, 1.165) is 10.5 Å². The highest BCUT2D eigenvalue weighted by Gasteiger charge is 2.38. The molecule has 1 amide bonds. The molecule has 2 unspecified atom stereocenters. The number of aliphatic hydroxyl groups excluding tert-OH is 2. The van der Waals surface area contributed by atoms with Crippen LogP contribution in [0.3, 0.4) is 0 Å². The molecule has 0 radical (unpaired) electrons. The molecule has 0 bridgehead atoms. The summed E-state index contributed by atoms with van der Waals surface area (Å²) in [6.07, 6.45) is -2.95. The molecule has 0 aliphatic carbocycles. The minimum Gasteiger partial charge on any atom is -0.445 e. The minimum absolute atomic E-state index is 0.0515. The van der Waals surface area contributed by atoms with Crippen LogP contribution in [0, 0.1) is 0 Å². The number of carbonyl (C=O) groups is 1. The number of aliphatic hydroxyl groups is 3. The second-order valence-corrected chi connectivity index (χ2v) is 4.56. The van der Waals surface area contributed by atoms with Crippen molar-refractivity contribution in [3.63, 3.8) is 0 Å². The number of ether oxygens (including phenoxy) is 1. The van der Waals surface area contributed by atoms with Gasteiger partial charge in [0.1, 0.15) is 6.61 Å². The summed E-state index contributed by atoms with van der Waals surface area (Å²) in [5.74, 6) is 0. The normalized spacial score (nSPS) is 22.8. The van der Waals surface area contributed by atoms with E-state index >= 15 is 0 Å². The fraction of sp³-hybridized carbons (Fsp3) is 0.462. The van der Waals surface area contributed by atoms with E-state index in [4.69, 9.17) is 14.9 Å². The number of amides is 1. The van der Waals surface area contributed by atoms with Gasteiger partial charge in [0.25, 0.3) is 0 Å². The molecular weight excluding hydrogens is 250 g/mol. The first-order valence-corrected chi connectivity index (χ1v) is 6.09. The molecule has 19 heavy (non-hydrogen) atoms. The molecule has 0 saturated carbocycles. The lowest BCUT2D eigenvalue weighted by Gasteiger charge is -2.24. The standard InChI is InChI=1S/C13H17NO5/c15-10-6-11(12(16)17)14(7-10)13(18)19-8-9-4-2-1-3-5-9/h1-5,10-12,15-17H,6-8H2. The number of hydrogen-bond acceptors (Lipinski definition) is 5. The molecule has 1 aliphatic heterocycles. The van der Waals surface area contributed by atoms with Crippen LogP contribution in [0.15, 0.2) is 30.3 Å². The maximum Gasteiger partial charge on any atom is 0.410 e. The zero-order valence-electron chi connectivity index (χ0n) is 10.3. The van der Waals surface area contributed by atoms with Gasteiger partial charge >= 0.3 is 6.09 Å². The zero-order chi connectivity index (χ0) is 13.8. The third-order valence-electron chi connectivity index (χ3n) is 3.11. The van der Waals surface area contributed by atoms with Gasteiger partial charge in [-0.1, -0.05) is 30.3 Å². The Balaban J connectivity index is 1.92. The number of nitrogens with zero attached hydrogens (tertiary/aromatic N) is 1. The van der Waals surface area contributed by atoms with Crippen molar-refractivity contribution in [2.75, 3.05) is 6.54 Å². The fourth-order valence-electron chi connectivity index (χ4n) is 2.14. The quantitative estimate of drug-likeness (QED) is 0.674. The van der Waals surface area contributed by atoms with Crippen LogP contribution in [0.5, 0.6) is 0 Å². The fourth-order valence-corrected chi connectivity index (χ4v) is 2.14. The molecule has 0 spiro atoms. The van der Waals surface area contributed by atoms with Crippen LogP contribution in [0.1, 0.15) is 12.0 Å². The van der Waals surface area contributed by atoms with Crippen molar-refractivity contribution in [3.05, 3.63) is 35.9 Å². The first-order valence-electron chi connectivity index (χ1n) is 6.09. The summed E-state index contributed by atoms with van der Waals surface area (Å²) in [6, 6.07) is 8.36. The van der Waals surface area contributed by atoms with E-state index in [-0.39, 0.29) is 19.6 Å². The molecule has 6 heteroatoms. The topological polar surface area (TPSA) is 90.2 Å². The molecule has 1 saturated heterocycles. The van der Waals surface area contributed by atoms with Crippen LogP contribution in [-0.2, 0) is 11.3 Å². The number of benzene rings is 1. The van der Waals surface area contributed by atoms with Crippen molar-refractivity contribution in [3.8, 4) is 0 Å². The summed E-state index contributed by atoms with van der Waals surface area (Å²) in [5, 5.41) is 27.8. The van der Waals surface area contributed by atoms with Gasteiger partial charge in [-0.05, 0) is 5.56 Å². The van der Waals surface area contributed by atoms with E-state index in [1.807, 2.05) is 30.3 Å². The van der Waals surface area contributed by atoms with Gasteiger partial charge in [0, 0.05) is 6.42 Å². The Hall–Kier alpha value is -1.63. The van der Waals surface area contributed by atoms with E-state index in [9.17, 15) is 9.90 Å². The molecule has 1 aliphatic rings. The van der Waals surface area contributed by atoms with Crippen LogP contribution >= 0.6 is 0 Å². The Morgan fingerprint density at radius 1 is 1.37 bits per heavy atom. The molecule has 0 aromatic heterocycles. The van der Waals surface area contributed by atoms with Gasteiger partial charge in [-0.25, -0.2) is 4.79 Å². The molecule has 2 rings (SSSR count). The highest BCUT2D eigenvalue weighted by Crippen LogP contribution is 2.21. The average Bonchev–Trinajstić information content (AvgIpc) is 2.79. The smallest absolute Gasteiger partial charge is 0.410 e. The SMILES string of the molecule is O=C(OCc1ccccc1)N1CC(O)CC1C(O)O. The van der Waals surface area contributed by atoms with Crippen molar-refractivity contribution in [2.24, 2.45) is 0 Å². The van der Waals surface area contributed by atoms with Gasteiger partial charge in [-0.3, -0.25) is 4.90 Å². The van der Waals surface area contributed by atoms with Gasteiger partial charge < -0.3 is 20.1 Å². The third-order valence-corrected chi connectivity index (χ3v) is 3.11. The summed E-state index contributed by atoms with van der Waals surface area (Å²) in [6.45, 7) is 0.163. The van der Waals surface area contributed by atoms with Gasteiger partial charge in [-0.15, -0.1) is 0 Å². The van der Waals surface area contributed by atoms with Crippen molar-refractivity contribution in [1.29, 1.82) is 0 Å². The molecule has 2 atom stereocenters. The highest BCUT2D eigenvalue weighted by atomic mass is 16.6. The van der Waals surface area contributed by atoms with Crippen molar-refractivity contribution < 1.29 is 24.9 Å². The van der Waals surface area contributed by atoms with Crippen molar-refractivity contribution >= 4 is 6.09 Å². The number of rotatable bonds is 3. The summed E-state index contributed by atoms with van der Waals surface area (Å²) in [4.78, 5) is 13.0. The van der Waals surface area contributed by atoms with E-state index in [0.29, 0.717) is 0 Å². The van der Waals surface area contributed by atoms with Crippen LogP contribution in [0.4, 0.5) is 4.79 Å². The first-order chi connectivity index (χ1) is 9.08. The molecular formula is C13H17NO5. The van der Waals surface area contributed by atoms with E-state index < -0.39 is 24.5 Å². The predicted molar refractivity (Wildman–Crippen MR) is 66.0 cm³/mol. The summed E-state index contributed by atoms with van der Waals surface area (Å²) < 4.78 is 5.09. The molecule has 3 N–H and O–H groups in total. The third kappa shape index (κ3) is 3.44. The van der Waals surface area contributed by atoms with Crippen molar-refractivity contribution in [1.82, 2.24) is 4.90 Å². The Morgan fingerprint density at radius 3 is 2.68 bits per heavy atom. The number of hydrogen-bond donors (Lipinski definition) is 3. The Bertz CT molecular complexity index is 422. The van der Waals surface area contributed by atoms with Gasteiger partial charge in [0.05, 0.1) is 18.7 Å². The molecule has 1 heterocycles. The average molecular weight is 267 g/mol. The summed E-state index contributed by atoms with van der Waals surface area (Å²) >= 11 is 0. The summed E-state index contributed by atoms with van der Waals surface area (Å²) in [5.41, 5.74) is 0.844. The van der Waals surface area contributed by atoms with Gasteiger partial charge in [0.15, 0.2) is 6.29 Å². The van der Waals surface area contributed by atoms with Crippen LogP contribution in [0.25, 0.3) is 0 Å². The Labute approximate surface area is 110 Å². The zero-order valence-corrected chi connectivity index (χ0v) is 10.3. The lowest BCUT2D eigenvalue weighted by Crippen LogP contribution is -2.43. The summed E-state index contributed by atoms with van der Waals surface area (Å²) in [7, 11) is 0. The van der Waals surface area contributed by atoms with Crippen LogP contribution in [0.2, 0.25) is 0 Å². The molecule has 1 fully saturated rings. The maximum atomic E-state index is 11.8. The second kappa shape index (κ2) is 6.01. The second-order valence-electron chi connectivity index (χ2n) is 4.56. The number of likely N-dealkylation sites (tertiary alicyclic amines) is 1. The van der Waals surface area contributed by atoms with E-state index in [2.05, 4.69) is 0 Å². The predicted octanol–water partition coefficient (Wildman–Crippen LogP) is 0.0691. The molecule has 104 valence electrons. The largest absolute Gasteiger partial charge is 0.445 e. The Kier molecular flexibility index (Phi) is 4.36. The van der Waals surface area contributed by atoms with Gasteiger partial charge in [-0.2, -0.15) is 0 Å². The number of β-amino-alcohol motifs (C(OH)–C–C–N with tert-alkyl or cyclic N) is 1. The van der Waals surface area contributed by atoms with E-state index in [1.54, 1.807) is 0 Å². The molecule has 1 aromatic carbocycles. The minimum atomic E-state index is -1.68.